The average molecular weight is 683 g/mol. The molecule has 2 amide bonds. The van der Waals surface area contributed by atoms with Crippen molar-refractivity contribution in [1.82, 2.24) is 19.6 Å². The fourth-order valence-electron chi connectivity index (χ4n) is 4.82. The molecule has 1 aliphatic carbocycles. The molecule has 0 bridgehead atoms. The molecule has 0 radical (unpaired) electrons. The maximum atomic E-state index is 13.3. The van der Waals surface area contributed by atoms with Crippen molar-refractivity contribution in [3.63, 3.8) is 0 Å². The first-order valence-corrected chi connectivity index (χ1v) is 16.1. The van der Waals surface area contributed by atoms with Gasteiger partial charge in [-0.15, -0.1) is 11.3 Å². The number of nitrogen functional groups attached to an aromatic ring is 1. The summed E-state index contributed by atoms with van der Waals surface area (Å²) in [6, 6.07) is -0.232. The average Bonchev–Trinajstić information content (AvgIpc) is 3.39. The fourth-order valence-corrected chi connectivity index (χ4v) is 6.30. The van der Waals surface area contributed by atoms with Crippen LogP contribution in [0.5, 0.6) is 5.75 Å². The van der Waals surface area contributed by atoms with Gasteiger partial charge < -0.3 is 31.1 Å². The van der Waals surface area contributed by atoms with Gasteiger partial charge in [0.05, 0.1) is 12.0 Å². The number of hydrogen-bond acceptors (Lipinski definition) is 14. The first-order chi connectivity index (χ1) is 21.6. The van der Waals surface area contributed by atoms with Gasteiger partial charge >= 0.3 is 16.3 Å². The number of carbonyl (C=O) groups is 5. The van der Waals surface area contributed by atoms with Crippen molar-refractivity contribution in [3.8, 4) is 5.75 Å². The largest absolute Gasteiger partial charge is 0.503 e. The molecule has 4 rings (SSSR count). The third-order valence-electron chi connectivity index (χ3n) is 7.61. The molecule has 0 unspecified atom stereocenters. The molecule has 3 heterocycles. The Morgan fingerprint density at radius 1 is 1.22 bits per heavy atom. The quantitative estimate of drug-likeness (QED) is 0.0565. The number of β-lactam (4-membered cyclic amide) rings is 1. The number of carbonyl (C=O) groups excluding carboxylic acids is 4. The fraction of sp³-hybridized carbons (Fsp3) is 0.462. The van der Waals surface area contributed by atoms with Crippen LogP contribution in [0.4, 0.5) is 5.13 Å². The number of aromatic hydroxyl groups is 1. The summed E-state index contributed by atoms with van der Waals surface area (Å²) in [5.74, 6) is -6.09. The van der Waals surface area contributed by atoms with Crippen LogP contribution in [0.3, 0.4) is 0 Å². The van der Waals surface area contributed by atoms with Gasteiger partial charge in [0.15, 0.2) is 22.4 Å². The van der Waals surface area contributed by atoms with Crippen molar-refractivity contribution in [2.45, 2.75) is 63.0 Å². The van der Waals surface area contributed by atoms with Crippen molar-refractivity contribution in [3.05, 3.63) is 39.3 Å². The van der Waals surface area contributed by atoms with Gasteiger partial charge in [0.2, 0.25) is 22.8 Å². The summed E-state index contributed by atoms with van der Waals surface area (Å²) in [4.78, 5) is 85.9. The number of Topliss-reactive ketones (excluding diaryl/α,β-unsaturated/α-hetero) is 2. The lowest BCUT2D eigenvalue weighted by molar-refractivity contribution is -0.178. The maximum Gasteiger partial charge on any atom is 0.362 e. The molecule has 248 valence electrons. The van der Waals surface area contributed by atoms with Gasteiger partial charge in [-0.2, -0.15) is 8.42 Å². The van der Waals surface area contributed by atoms with E-state index in [2.05, 4.69) is 20.4 Å². The minimum absolute atomic E-state index is 0.0162. The Labute approximate surface area is 264 Å². The lowest BCUT2D eigenvalue weighted by atomic mass is 9.80. The van der Waals surface area contributed by atoms with E-state index in [1.54, 1.807) is 0 Å². The third-order valence-corrected chi connectivity index (χ3v) is 9.23. The highest BCUT2D eigenvalue weighted by Crippen LogP contribution is 2.37. The summed E-state index contributed by atoms with van der Waals surface area (Å²) in [6.45, 7) is -0.500. The Kier molecular flexibility index (Phi) is 10.2. The number of hydrogen-bond donors (Lipinski definition) is 6. The normalized spacial score (nSPS) is 19.1. The SMILES string of the molecule is Nc1nc(/C(=N/OC2(C(=O)O)CCC2)C(=O)C[C@@H]2C(=O)N(S(=O)(=O)O)[C@@H]2CNC(=O)CCC(=O)CCc2cc(=O)c(O)c[nH]2)cs1. The molecule has 2 aliphatic rings. The first-order valence-electron chi connectivity index (χ1n) is 13.8. The molecule has 2 aromatic heterocycles. The van der Waals surface area contributed by atoms with E-state index in [4.69, 9.17) is 10.6 Å². The van der Waals surface area contributed by atoms with E-state index >= 15 is 0 Å². The van der Waals surface area contributed by atoms with Crippen LogP contribution in [0.1, 0.15) is 56.3 Å². The number of carboxylic acids is 1. The molecule has 46 heavy (non-hydrogen) atoms. The second kappa shape index (κ2) is 13.7. The van der Waals surface area contributed by atoms with E-state index in [0.29, 0.717) is 12.1 Å². The molecule has 0 spiro atoms. The number of carboxylic acid groups (broad SMARTS) is 1. The molecule has 1 saturated carbocycles. The highest BCUT2D eigenvalue weighted by molar-refractivity contribution is 7.84. The Hall–Kier alpha value is -4.69. The van der Waals surface area contributed by atoms with Crippen molar-refractivity contribution in [1.29, 1.82) is 0 Å². The highest BCUT2D eigenvalue weighted by Gasteiger charge is 2.54. The standard InChI is InChI=1S/C26H30N6O12S2/c27-25-30-16(12-45-25)22(31-44-26(24(39)40)6-1-7-26)19(35)9-15-17(32(23(15)38)46(41,42)43)10-29-21(37)5-4-14(33)3-2-13-8-18(34)20(36)11-28-13/h8,11-12,15,17,36H,1-7,9-10H2,(H2,27,30)(H,28,34)(H,29,37)(H,39,40)(H,41,42,43)/b31-22-/t15-,17+/m0/s1. The molecule has 7 N–H and O–H groups in total. The van der Waals surface area contributed by atoms with Crippen molar-refractivity contribution >= 4 is 61.8 Å². The summed E-state index contributed by atoms with van der Waals surface area (Å²) in [5, 5.41) is 26.4. The molecule has 18 nitrogen and oxygen atoms in total. The number of amides is 2. The Morgan fingerprint density at radius 3 is 2.50 bits per heavy atom. The van der Waals surface area contributed by atoms with Gasteiger partial charge in [-0.05, 0) is 12.8 Å². The summed E-state index contributed by atoms with van der Waals surface area (Å²) in [7, 11) is -5.07. The summed E-state index contributed by atoms with van der Waals surface area (Å²) in [5.41, 5.74) is 3.31. The highest BCUT2D eigenvalue weighted by atomic mass is 32.2. The van der Waals surface area contributed by atoms with E-state index in [-0.39, 0.29) is 59.4 Å². The predicted octanol–water partition coefficient (Wildman–Crippen LogP) is -0.465. The van der Waals surface area contributed by atoms with Crippen LogP contribution in [0.2, 0.25) is 0 Å². The second-order valence-electron chi connectivity index (χ2n) is 10.7. The summed E-state index contributed by atoms with van der Waals surface area (Å²) < 4.78 is 33.5. The predicted molar refractivity (Wildman–Crippen MR) is 158 cm³/mol. The van der Waals surface area contributed by atoms with Crippen LogP contribution in [0, 0.1) is 5.92 Å². The van der Waals surface area contributed by atoms with Crippen molar-refractivity contribution < 1.29 is 52.0 Å². The Balaban J connectivity index is 1.38. The monoisotopic (exact) mass is 682 g/mol. The lowest BCUT2D eigenvalue weighted by Crippen LogP contribution is -2.66. The first kappa shape index (κ1) is 34.2. The minimum Gasteiger partial charge on any atom is -0.503 e. The zero-order valence-corrected chi connectivity index (χ0v) is 25.6. The minimum atomic E-state index is -5.07. The number of ketones is 2. The van der Waals surface area contributed by atoms with Crippen LogP contribution >= 0.6 is 11.3 Å². The number of aryl methyl sites for hydroxylation is 1. The molecule has 1 saturated heterocycles. The molecular formula is C26H30N6O12S2. The summed E-state index contributed by atoms with van der Waals surface area (Å²) in [6.07, 6.45) is 0.911. The topological polar surface area (TPSA) is 289 Å². The number of anilines is 1. The van der Waals surface area contributed by atoms with E-state index in [0.717, 1.165) is 23.6 Å². The van der Waals surface area contributed by atoms with Crippen LogP contribution < -0.4 is 16.5 Å². The zero-order valence-electron chi connectivity index (χ0n) is 24.0. The van der Waals surface area contributed by atoms with Gasteiger partial charge in [0, 0.05) is 68.4 Å². The number of nitrogens with two attached hydrogens (primary N) is 1. The lowest BCUT2D eigenvalue weighted by Gasteiger charge is -2.44. The van der Waals surface area contributed by atoms with E-state index in [9.17, 15) is 52.0 Å². The number of nitrogens with one attached hydrogen (secondary N) is 2. The van der Waals surface area contributed by atoms with Gasteiger partial charge in [-0.3, -0.25) is 28.5 Å². The number of H-pyrrole nitrogens is 1. The van der Waals surface area contributed by atoms with E-state index in [1.807, 2.05) is 0 Å². The molecule has 1 aliphatic heterocycles. The molecule has 0 aromatic carbocycles. The number of oxime groups is 1. The summed E-state index contributed by atoms with van der Waals surface area (Å²) >= 11 is 0.953. The zero-order chi connectivity index (χ0) is 33.8. The molecular weight excluding hydrogens is 652 g/mol. The van der Waals surface area contributed by atoms with E-state index in [1.165, 1.54) is 5.38 Å². The third kappa shape index (κ3) is 7.74. The molecule has 20 heteroatoms. The smallest absolute Gasteiger partial charge is 0.362 e. The molecule has 2 atom stereocenters. The molecule has 2 aromatic rings. The van der Waals surface area contributed by atoms with Crippen LogP contribution in [-0.2, 0) is 45.5 Å². The number of pyridine rings is 1. The second-order valence-corrected chi connectivity index (χ2v) is 12.9. The number of aromatic amines is 1. The number of aliphatic carboxylic acids is 1. The van der Waals surface area contributed by atoms with Gasteiger partial charge in [-0.1, -0.05) is 5.16 Å². The van der Waals surface area contributed by atoms with Gasteiger partial charge in [0.1, 0.15) is 11.5 Å². The molecule has 2 fully saturated rings. The van der Waals surface area contributed by atoms with E-state index < -0.39 is 81.3 Å². The van der Waals surface area contributed by atoms with Crippen LogP contribution in [-0.4, -0.2) is 90.7 Å². The van der Waals surface area contributed by atoms with Crippen LogP contribution in [0.25, 0.3) is 0 Å². The van der Waals surface area contributed by atoms with Crippen molar-refractivity contribution in [2.24, 2.45) is 11.1 Å². The van der Waals surface area contributed by atoms with Crippen LogP contribution in [0.15, 0.2) is 27.6 Å². The number of thiazole rings is 1. The van der Waals surface area contributed by atoms with Gasteiger partial charge in [0.25, 0.3) is 0 Å². The Bertz CT molecular complexity index is 1750. The van der Waals surface area contributed by atoms with Gasteiger partial charge in [-0.25, -0.2) is 14.1 Å². The van der Waals surface area contributed by atoms with Crippen molar-refractivity contribution in [2.75, 3.05) is 12.3 Å². The maximum absolute atomic E-state index is 13.3. The number of nitrogens with zero attached hydrogens (tertiary/aromatic N) is 3. The Morgan fingerprint density at radius 2 is 1.93 bits per heavy atom. The number of aromatic nitrogens is 2. The number of rotatable bonds is 16.